The molecule has 2 aliphatic rings. The third kappa shape index (κ3) is 2.44. The molecule has 0 heterocycles. The van der Waals surface area contributed by atoms with Gasteiger partial charge in [-0.15, -0.1) is 0 Å². The molecule has 2 nitrogen and oxygen atoms in total. The van der Waals surface area contributed by atoms with Crippen molar-refractivity contribution < 1.29 is 5.11 Å². The Balaban J connectivity index is 1.60. The van der Waals surface area contributed by atoms with Gasteiger partial charge in [0.25, 0.3) is 0 Å². The van der Waals surface area contributed by atoms with E-state index in [1.807, 2.05) is 12.1 Å². The van der Waals surface area contributed by atoms with Crippen LogP contribution in [0.25, 0.3) is 0 Å². The molecule has 0 saturated carbocycles. The van der Waals surface area contributed by atoms with Crippen LogP contribution in [0.3, 0.4) is 0 Å². The molecule has 1 aromatic rings. The zero-order valence-corrected chi connectivity index (χ0v) is 10.7. The zero-order chi connectivity index (χ0) is 12.4. The largest absolute Gasteiger partial charge is 0.508 e. The van der Waals surface area contributed by atoms with Crippen LogP contribution in [0, 0.1) is 5.92 Å². The van der Waals surface area contributed by atoms with E-state index in [1.165, 1.54) is 36.8 Å². The van der Waals surface area contributed by atoms with Gasteiger partial charge in [0.15, 0.2) is 0 Å². The van der Waals surface area contributed by atoms with Gasteiger partial charge in [-0.2, -0.15) is 0 Å². The summed E-state index contributed by atoms with van der Waals surface area (Å²) in [4.78, 5) is 0. The van der Waals surface area contributed by atoms with Crippen LogP contribution in [0.1, 0.15) is 42.9 Å². The summed E-state index contributed by atoms with van der Waals surface area (Å²) >= 11 is 0. The van der Waals surface area contributed by atoms with E-state index < -0.39 is 0 Å². The minimum atomic E-state index is 0.395. The van der Waals surface area contributed by atoms with E-state index in [0.29, 0.717) is 11.8 Å². The van der Waals surface area contributed by atoms with Crippen LogP contribution in [-0.2, 0) is 6.42 Å². The van der Waals surface area contributed by atoms with Crippen LogP contribution < -0.4 is 5.32 Å². The fourth-order valence-corrected chi connectivity index (χ4v) is 3.17. The molecule has 2 N–H and O–H groups in total. The number of hydrogen-bond acceptors (Lipinski definition) is 2. The third-order valence-electron chi connectivity index (χ3n) is 4.23. The van der Waals surface area contributed by atoms with E-state index in [0.717, 1.165) is 18.9 Å². The summed E-state index contributed by atoms with van der Waals surface area (Å²) in [5.41, 5.74) is 2.70. The van der Waals surface area contributed by atoms with Gasteiger partial charge >= 0.3 is 0 Å². The molecule has 1 aromatic carbocycles. The lowest BCUT2D eigenvalue weighted by Crippen LogP contribution is -2.26. The highest BCUT2D eigenvalue weighted by atomic mass is 16.3. The van der Waals surface area contributed by atoms with Crippen LogP contribution in [0.4, 0.5) is 0 Å². The molecule has 18 heavy (non-hydrogen) atoms. The fraction of sp³-hybridized carbons (Fsp3) is 0.500. The minimum absolute atomic E-state index is 0.395. The predicted octanol–water partition coefficient (Wildman–Crippen LogP) is 3.33. The predicted molar refractivity (Wildman–Crippen MR) is 73.7 cm³/mol. The van der Waals surface area contributed by atoms with E-state index in [9.17, 15) is 5.11 Å². The van der Waals surface area contributed by atoms with Crippen molar-refractivity contribution >= 4 is 0 Å². The molecule has 2 atom stereocenters. The second kappa shape index (κ2) is 5.15. The summed E-state index contributed by atoms with van der Waals surface area (Å²) < 4.78 is 0. The number of aryl methyl sites for hydroxylation is 1. The number of fused-ring (bicyclic) bond motifs is 1. The van der Waals surface area contributed by atoms with Crippen LogP contribution in [0.5, 0.6) is 5.75 Å². The molecular weight excluding hydrogens is 222 g/mol. The summed E-state index contributed by atoms with van der Waals surface area (Å²) in [6.45, 7) is 1.12. The van der Waals surface area contributed by atoms with Crippen molar-refractivity contribution in [3.05, 3.63) is 41.5 Å². The Bertz CT molecular complexity index is 452. The Hall–Kier alpha value is -1.28. The molecule has 2 heteroatoms. The van der Waals surface area contributed by atoms with E-state index in [4.69, 9.17) is 0 Å². The van der Waals surface area contributed by atoms with E-state index in [2.05, 4.69) is 23.5 Å². The number of phenols is 1. The average molecular weight is 243 g/mol. The molecule has 0 radical (unpaired) electrons. The second-order valence-electron chi connectivity index (χ2n) is 5.53. The van der Waals surface area contributed by atoms with Crippen LogP contribution in [0.15, 0.2) is 30.4 Å². The standard InChI is InChI=1S/C16H21NO/c18-14-7-8-15-13(10-14)6-9-16(15)17-11-12-4-2-1-3-5-12/h1-2,7-8,10,12,16-18H,3-6,9,11H2. The lowest BCUT2D eigenvalue weighted by molar-refractivity contribution is 0.404. The van der Waals surface area contributed by atoms with Gasteiger partial charge in [0, 0.05) is 6.04 Å². The number of benzene rings is 1. The van der Waals surface area contributed by atoms with Crippen molar-refractivity contribution in [1.29, 1.82) is 0 Å². The van der Waals surface area contributed by atoms with Gasteiger partial charge < -0.3 is 10.4 Å². The Morgan fingerprint density at radius 1 is 1.22 bits per heavy atom. The van der Waals surface area contributed by atoms with Crippen LogP contribution in [0.2, 0.25) is 0 Å². The quantitative estimate of drug-likeness (QED) is 0.798. The molecule has 2 unspecified atom stereocenters. The van der Waals surface area contributed by atoms with Crippen LogP contribution in [-0.4, -0.2) is 11.7 Å². The molecule has 2 aliphatic carbocycles. The summed E-state index contributed by atoms with van der Waals surface area (Å²) in [5, 5.41) is 13.2. The van der Waals surface area contributed by atoms with Crippen molar-refractivity contribution in [2.24, 2.45) is 5.92 Å². The Labute approximate surface area is 109 Å². The van der Waals surface area contributed by atoms with Gasteiger partial charge in [-0.1, -0.05) is 18.2 Å². The van der Waals surface area contributed by atoms with Gasteiger partial charge in [0.2, 0.25) is 0 Å². The summed E-state index contributed by atoms with van der Waals surface area (Å²) in [5.74, 6) is 1.20. The average Bonchev–Trinajstić information content (AvgIpc) is 2.80. The molecule has 0 saturated heterocycles. The monoisotopic (exact) mass is 243 g/mol. The SMILES string of the molecule is Oc1ccc2c(c1)CCC2NCC1CC=CCC1. The maximum Gasteiger partial charge on any atom is 0.115 e. The molecule has 0 spiro atoms. The Morgan fingerprint density at radius 3 is 3.00 bits per heavy atom. The molecule has 0 amide bonds. The number of rotatable bonds is 3. The maximum atomic E-state index is 9.49. The highest BCUT2D eigenvalue weighted by molar-refractivity contribution is 5.40. The zero-order valence-electron chi connectivity index (χ0n) is 10.7. The highest BCUT2D eigenvalue weighted by Gasteiger charge is 2.23. The lowest BCUT2D eigenvalue weighted by atomic mass is 9.94. The van der Waals surface area contributed by atoms with Crippen molar-refractivity contribution in [3.8, 4) is 5.75 Å². The molecule has 0 bridgehead atoms. The first-order chi connectivity index (χ1) is 8.83. The number of phenolic OH excluding ortho intramolecular Hbond substituents is 1. The highest BCUT2D eigenvalue weighted by Crippen LogP contribution is 2.33. The van der Waals surface area contributed by atoms with Crippen molar-refractivity contribution in [2.45, 2.75) is 38.1 Å². The van der Waals surface area contributed by atoms with Crippen molar-refractivity contribution in [2.75, 3.05) is 6.54 Å². The fourth-order valence-electron chi connectivity index (χ4n) is 3.17. The summed E-state index contributed by atoms with van der Waals surface area (Å²) in [7, 11) is 0. The minimum Gasteiger partial charge on any atom is -0.508 e. The van der Waals surface area contributed by atoms with Crippen LogP contribution >= 0.6 is 0 Å². The number of nitrogens with one attached hydrogen (secondary N) is 1. The molecule has 3 rings (SSSR count). The Kier molecular flexibility index (Phi) is 3.37. The first-order valence-electron chi connectivity index (χ1n) is 7.03. The third-order valence-corrected chi connectivity index (χ3v) is 4.23. The molecule has 0 aromatic heterocycles. The number of hydrogen-bond donors (Lipinski definition) is 2. The maximum absolute atomic E-state index is 9.49. The first-order valence-corrected chi connectivity index (χ1v) is 7.03. The van der Waals surface area contributed by atoms with Gasteiger partial charge in [0.05, 0.1) is 0 Å². The summed E-state index contributed by atoms with van der Waals surface area (Å²) in [6.07, 6.45) is 10.6. The second-order valence-corrected chi connectivity index (χ2v) is 5.53. The number of aromatic hydroxyl groups is 1. The van der Waals surface area contributed by atoms with Gasteiger partial charge in [-0.3, -0.25) is 0 Å². The summed E-state index contributed by atoms with van der Waals surface area (Å²) in [6, 6.07) is 6.30. The molecular formula is C16H21NO. The van der Waals surface area contributed by atoms with Gasteiger partial charge in [-0.05, 0) is 67.8 Å². The van der Waals surface area contributed by atoms with Gasteiger partial charge in [-0.25, -0.2) is 0 Å². The van der Waals surface area contributed by atoms with E-state index >= 15 is 0 Å². The number of allylic oxidation sites excluding steroid dienone is 2. The topological polar surface area (TPSA) is 32.3 Å². The molecule has 0 fully saturated rings. The normalized spacial score (nSPS) is 26.2. The first kappa shape index (κ1) is 11.8. The molecule has 96 valence electrons. The molecule has 0 aliphatic heterocycles. The van der Waals surface area contributed by atoms with E-state index in [-0.39, 0.29) is 0 Å². The smallest absolute Gasteiger partial charge is 0.115 e. The van der Waals surface area contributed by atoms with E-state index in [1.54, 1.807) is 0 Å². The van der Waals surface area contributed by atoms with Gasteiger partial charge in [0.1, 0.15) is 5.75 Å². The Morgan fingerprint density at radius 2 is 2.17 bits per heavy atom. The lowest BCUT2D eigenvalue weighted by Gasteiger charge is -2.21. The van der Waals surface area contributed by atoms with Crippen molar-refractivity contribution in [1.82, 2.24) is 5.32 Å². The van der Waals surface area contributed by atoms with Crippen molar-refractivity contribution in [3.63, 3.8) is 0 Å².